The van der Waals surface area contributed by atoms with Crippen LogP contribution in [0, 0.1) is 17.7 Å². The standard InChI is InChI=1S/C24H29FN4O3S/c1-14(2)12-32-21-11-27-18(10-28-21)19(30)8-15-5-6-17(25)16(7-15)23(3)20-9-24(20,13-31-4)33-22(26)29-23/h5-7,10-11,14,20H,8-9,12-13H2,1-4H3,(H2,26,29)/t20-,23+,24+/m0/s1. The molecule has 1 aliphatic carbocycles. The minimum Gasteiger partial charge on any atom is -0.476 e. The van der Waals surface area contributed by atoms with Crippen molar-refractivity contribution in [1.82, 2.24) is 9.97 Å². The molecule has 0 unspecified atom stereocenters. The van der Waals surface area contributed by atoms with Crippen LogP contribution in [0.5, 0.6) is 5.88 Å². The lowest BCUT2D eigenvalue weighted by atomic mass is 9.84. The first-order valence-electron chi connectivity index (χ1n) is 11.0. The Balaban J connectivity index is 1.53. The van der Waals surface area contributed by atoms with Gasteiger partial charge >= 0.3 is 0 Å². The fourth-order valence-electron chi connectivity index (χ4n) is 4.46. The summed E-state index contributed by atoms with van der Waals surface area (Å²) in [5, 5.41) is 0.430. The maximum atomic E-state index is 15.0. The molecule has 1 aliphatic heterocycles. The summed E-state index contributed by atoms with van der Waals surface area (Å²) in [6, 6.07) is 4.74. The highest BCUT2D eigenvalue weighted by molar-refractivity contribution is 8.15. The van der Waals surface area contributed by atoms with Crippen LogP contribution in [0.25, 0.3) is 0 Å². The molecule has 0 amide bonds. The third-order valence-corrected chi connectivity index (χ3v) is 7.44. The van der Waals surface area contributed by atoms with Crippen molar-refractivity contribution in [2.75, 3.05) is 20.3 Å². The monoisotopic (exact) mass is 472 g/mol. The summed E-state index contributed by atoms with van der Waals surface area (Å²) < 4.78 is 25.7. The number of thioether (sulfide) groups is 1. The number of carbonyl (C=O) groups excluding carboxylic acids is 1. The second-order valence-corrected chi connectivity index (χ2v) is 10.7. The molecule has 0 bridgehead atoms. The normalized spacial score (nSPS) is 26.0. The van der Waals surface area contributed by atoms with Crippen molar-refractivity contribution in [3.05, 3.63) is 53.2 Å². The SMILES string of the molecule is COC[C@]12C[C@H]1[C@@](C)(c1cc(CC(=O)c3cnc(OCC(C)C)cn3)ccc1F)N=C(N)S2. The van der Waals surface area contributed by atoms with E-state index in [1.807, 2.05) is 20.8 Å². The lowest BCUT2D eigenvalue weighted by Crippen LogP contribution is -2.37. The average Bonchev–Trinajstić information content (AvgIpc) is 3.48. The van der Waals surface area contributed by atoms with Crippen LogP contribution in [0.15, 0.2) is 35.6 Å². The number of nitrogens with two attached hydrogens (primary N) is 1. The van der Waals surface area contributed by atoms with Crippen LogP contribution < -0.4 is 10.5 Å². The first-order chi connectivity index (χ1) is 15.7. The Morgan fingerprint density at radius 3 is 2.79 bits per heavy atom. The molecule has 1 aromatic carbocycles. The molecule has 2 aliphatic rings. The number of carbonyl (C=O) groups is 1. The number of aliphatic imine (C=N–C) groups is 1. The van der Waals surface area contributed by atoms with E-state index in [4.69, 9.17) is 15.2 Å². The number of halogens is 1. The largest absolute Gasteiger partial charge is 0.476 e. The number of Topliss-reactive ketones (excluding diaryl/α,β-unsaturated/α-hetero) is 1. The Kier molecular flexibility index (Phi) is 6.46. The number of ketones is 1. The predicted molar refractivity (Wildman–Crippen MR) is 126 cm³/mol. The number of nitrogens with zero attached hydrogens (tertiary/aromatic N) is 3. The van der Waals surface area contributed by atoms with E-state index in [0.29, 0.717) is 41.3 Å². The number of ether oxygens (including phenoxy) is 2. The van der Waals surface area contributed by atoms with Gasteiger partial charge in [0.25, 0.3) is 0 Å². The van der Waals surface area contributed by atoms with Crippen LogP contribution in [0.2, 0.25) is 0 Å². The Morgan fingerprint density at radius 1 is 1.33 bits per heavy atom. The van der Waals surface area contributed by atoms with Crippen molar-refractivity contribution >= 4 is 22.7 Å². The van der Waals surface area contributed by atoms with Gasteiger partial charge in [-0.3, -0.25) is 9.79 Å². The summed E-state index contributed by atoms with van der Waals surface area (Å²) in [6.07, 6.45) is 3.78. The third-order valence-electron chi connectivity index (χ3n) is 6.16. The minimum absolute atomic E-state index is 0.0755. The van der Waals surface area contributed by atoms with Gasteiger partial charge in [-0.25, -0.2) is 14.4 Å². The highest BCUT2D eigenvalue weighted by atomic mass is 32.2. The molecule has 2 aromatic rings. The second kappa shape index (κ2) is 9.02. The van der Waals surface area contributed by atoms with Gasteiger partial charge in [0.15, 0.2) is 11.0 Å². The van der Waals surface area contributed by atoms with Gasteiger partial charge in [0.2, 0.25) is 5.88 Å². The third kappa shape index (κ3) is 4.75. The predicted octanol–water partition coefficient (Wildman–Crippen LogP) is 3.76. The molecule has 176 valence electrons. The zero-order valence-electron chi connectivity index (χ0n) is 19.3. The number of aromatic nitrogens is 2. The van der Waals surface area contributed by atoms with Crippen molar-refractivity contribution in [3.63, 3.8) is 0 Å². The van der Waals surface area contributed by atoms with Gasteiger partial charge in [0.1, 0.15) is 11.5 Å². The molecule has 2 N–H and O–H groups in total. The van der Waals surface area contributed by atoms with Gasteiger partial charge in [0.05, 0.1) is 35.9 Å². The fraction of sp³-hybridized carbons (Fsp3) is 0.500. The van der Waals surface area contributed by atoms with E-state index >= 15 is 0 Å². The fourth-order valence-corrected chi connectivity index (χ4v) is 5.91. The summed E-state index contributed by atoms with van der Waals surface area (Å²) in [5.74, 6) is 0.281. The molecular formula is C24H29FN4O3S. The van der Waals surface area contributed by atoms with E-state index in [2.05, 4.69) is 15.0 Å². The maximum Gasteiger partial charge on any atom is 0.232 e. The van der Waals surface area contributed by atoms with Crippen LogP contribution >= 0.6 is 11.8 Å². The molecule has 2 heterocycles. The molecule has 0 radical (unpaired) electrons. The lowest BCUT2D eigenvalue weighted by molar-refractivity contribution is 0.0987. The zero-order chi connectivity index (χ0) is 23.8. The topological polar surface area (TPSA) is 99.7 Å². The molecule has 33 heavy (non-hydrogen) atoms. The molecule has 1 saturated carbocycles. The molecule has 4 rings (SSSR count). The van der Waals surface area contributed by atoms with Crippen LogP contribution in [0.4, 0.5) is 4.39 Å². The zero-order valence-corrected chi connectivity index (χ0v) is 20.1. The van der Waals surface area contributed by atoms with E-state index in [9.17, 15) is 9.18 Å². The van der Waals surface area contributed by atoms with Crippen LogP contribution in [0.1, 0.15) is 48.8 Å². The average molecular weight is 473 g/mol. The summed E-state index contributed by atoms with van der Waals surface area (Å²) in [4.78, 5) is 25.8. The van der Waals surface area contributed by atoms with Gasteiger partial charge in [-0.15, -0.1) is 0 Å². The van der Waals surface area contributed by atoms with Gasteiger partial charge in [0, 0.05) is 25.0 Å². The van der Waals surface area contributed by atoms with Crippen molar-refractivity contribution in [1.29, 1.82) is 0 Å². The van der Waals surface area contributed by atoms with E-state index in [0.717, 1.165) is 6.42 Å². The number of benzene rings is 1. The molecular weight excluding hydrogens is 443 g/mol. The van der Waals surface area contributed by atoms with E-state index in [-0.39, 0.29) is 34.4 Å². The Hall–Kier alpha value is -2.52. The van der Waals surface area contributed by atoms with Crippen molar-refractivity contribution in [2.45, 2.75) is 43.9 Å². The van der Waals surface area contributed by atoms with Gasteiger partial charge in [-0.05, 0) is 37.0 Å². The Morgan fingerprint density at radius 2 is 2.12 bits per heavy atom. The van der Waals surface area contributed by atoms with Gasteiger partial charge < -0.3 is 15.2 Å². The van der Waals surface area contributed by atoms with Crippen LogP contribution in [-0.2, 0) is 16.7 Å². The molecule has 1 aromatic heterocycles. The summed E-state index contributed by atoms with van der Waals surface area (Å²) >= 11 is 1.51. The first kappa shape index (κ1) is 23.6. The van der Waals surface area contributed by atoms with E-state index in [1.165, 1.54) is 30.2 Å². The maximum absolute atomic E-state index is 15.0. The van der Waals surface area contributed by atoms with E-state index < -0.39 is 5.54 Å². The quantitative estimate of drug-likeness (QED) is 0.555. The van der Waals surface area contributed by atoms with Crippen LogP contribution in [0.3, 0.4) is 0 Å². The van der Waals surface area contributed by atoms with Gasteiger partial charge in [-0.1, -0.05) is 31.7 Å². The van der Waals surface area contributed by atoms with Crippen LogP contribution in [-0.4, -0.2) is 46.0 Å². The highest BCUT2D eigenvalue weighted by Crippen LogP contribution is 2.65. The number of rotatable bonds is 9. The van der Waals surface area contributed by atoms with Crippen molar-refractivity contribution in [3.8, 4) is 5.88 Å². The highest BCUT2D eigenvalue weighted by Gasteiger charge is 2.66. The number of hydrogen-bond donors (Lipinski definition) is 1. The minimum atomic E-state index is -0.813. The number of methoxy groups -OCH3 is 1. The molecule has 7 nitrogen and oxygen atoms in total. The van der Waals surface area contributed by atoms with E-state index in [1.54, 1.807) is 19.2 Å². The molecule has 0 spiro atoms. The second-order valence-electron chi connectivity index (χ2n) is 9.31. The Bertz CT molecular complexity index is 1080. The van der Waals surface area contributed by atoms with Gasteiger partial charge in [-0.2, -0.15) is 0 Å². The number of amidine groups is 1. The number of hydrogen-bond acceptors (Lipinski definition) is 8. The molecule has 1 fully saturated rings. The number of fused-ring (bicyclic) bond motifs is 1. The summed E-state index contributed by atoms with van der Waals surface area (Å²) in [7, 11) is 1.66. The Labute approximate surface area is 197 Å². The van der Waals surface area contributed by atoms with Crippen molar-refractivity contribution in [2.24, 2.45) is 22.6 Å². The molecule has 3 atom stereocenters. The van der Waals surface area contributed by atoms with Crippen molar-refractivity contribution < 1.29 is 18.7 Å². The summed E-state index contributed by atoms with van der Waals surface area (Å²) in [6.45, 7) is 7.04. The summed E-state index contributed by atoms with van der Waals surface area (Å²) in [5.41, 5.74) is 6.69. The molecule has 9 heteroatoms. The molecule has 0 saturated heterocycles. The lowest BCUT2D eigenvalue weighted by Gasteiger charge is -2.34. The first-order valence-corrected chi connectivity index (χ1v) is 11.8. The smallest absolute Gasteiger partial charge is 0.232 e.